The molecule has 0 atom stereocenters. The first-order chi connectivity index (χ1) is 8.70. The van der Waals surface area contributed by atoms with Gasteiger partial charge in [0.2, 0.25) is 0 Å². The van der Waals surface area contributed by atoms with Crippen LogP contribution in [0.4, 0.5) is 5.82 Å². The summed E-state index contributed by atoms with van der Waals surface area (Å²) >= 11 is 7.72. The summed E-state index contributed by atoms with van der Waals surface area (Å²) in [7, 11) is 3.46. The minimum absolute atomic E-state index is 0.315. The summed E-state index contributed by atoms with van der Waals surface area (Å²) < 4.78 is 4.99. The number of anilines is 1. The lowest BCUT2D eigenvalue weighted by Gasteiger charge is -2.18. The van der Waals surface area contributed by atoms with Gasteiger partial charge in [-0.25, -0.2) is 9.97 Å². The Balaban J connectivity index is 2.05. The summed E-state index contributed by atoms with van der Waals surface area (Å²) in [6.07, 6.45) is 4.21. The van der Waals surface area contributed by atoms with E-state index in [1.165, 1.54) is 7.11 Å². The fourth-order valence-corrected chi connectivity index (χ4v) is 2.30. The van der Waals surface area contributed by atoms with Crippen LogP contribution < -0.4 is 9.64 Å². The van der Waals surface area contributed by atoms with Crippen molar-refractivity contribution in [2.45, 2.75) is 6.42 Å². The lowest BCUT2D eigenvalue weighted by molar-refractivity contribution is 0.380. The summed E-state index contributed by atoms with van der Waals surface area (Å²) in [4.78, 5) is 14.4. The van der Waals surface area contributed by atoms with Gasteiger partial charge in [-0.15, -0.1) is 11.3 Å². The number of halogens is 1. The monoisotopic (exact) mass is 284 g/mol. The number of nitrogens with zero attached hydrogens (tertiary/aromatic N) is 4. The molecule has 0 N–H and O–H groups in total. The van der Waals surface area contributed by atoms with Gasteiger partial charge < -0.3 is 9.64 Å². The van der Waals surface area contributed by atoms with Crippen molar-refractivity contribution in [1.29, 1.82) is 0 Å². The van der Waals surface area contributed by atoms with Crippen LogP contribution in [0.1, 0.15) is 5.01 Å². The third kappa shape index (κ3) is 3.08. The highest BCUT2D eigenvalue weighted by molar-refractivity contribution is 7.09. The van der Waals surface area contributed by atoms with E-state index >= 15 is 0 Å². The van der Waals surface area contributed by atoms with E-state index in [9.17, 15) is 0 Å². The summed E-state index contributed by atoms with van der Waals surface area (Å²) in [5, 5.41) is 3.58. The molecule has 0 saturated carbocycles. The van der Waals surface area contributed by atoms with Gasteiger partial charge in [0.25, 0.3) is 0 Å². The van der Waals surface area contributed by atoms with Crippen LogP contribution in [0.5, 0.6) is 6.01 Å². The maximum atomic E-state index is 6.07. The molecule has 2 rings (SSSR count). The van der Waals surface area contributed by atoms with Crippen LogP contribution >= 0.6 is 22.9 Å². The molecule has 18 heavy (non-hydrogen) atoms. The highest BCUT2D eigenvalue weighted by atomic mass is 35.5. The molecule has 2 aromatic heterocycles. The van der Waals surface area contributed by atoms with Crippen molar-refractivity contribution in [3.8, 4) is 6.01 Å². The van der Waals surface area contributed by atoms with Gasteiger partial charge in [-0.05, 0) is 0 Å². The van der Waals surface area contributed by atoms with Crippen molar-refractivity contribution in [3.63, 3.8) is 0 Å². The SMILES string of the molecule is COc1ncc(Cl)c(N(C)CCc2nccs2)n1. The molecule has 5 nitrogen and oxygen atoms in total. The summed E-state index contributed by atoms with van der Waals surface area (Å²) in [5.41, 5.74) is 0. The Kier molecular flexibility index (Phi) is 4.33. The quantitative estimate of drug-likeness (QED) is 0.843. The molecule has 0 bridgehead atoms. The normalized spacial score (nSPS) is 10.4. The zero-order valence-corrected chi connectivity index (χ0v) is 11.7. The number of hydrogen-bond donors (Lipinski definition) is 0. The molecule has 0 radical (unpaired) electrons. The largest absolute Gasteiger partial charge is 0.467 e. The molecule has 0 spiro atoms. The van der Waals surface area contributed by atoms with Gasteiger partial charge in [-0.2, -0.15) is 4.98 Å². The number of aromatic nitrogens is 3. The maximum Gasteiger partial charge on any atom is 0.318 e. The fraction of sp³-hybridized carbons (Fsp3) is 0.364. The second-order valence-corrected chi connectivity index (χ2v) is 5.01. The average Bonchev–Trinajstić information content (AvgIpc) is 2.89. The van der Waals surface area contributed by atoms with Gasteiger partial charge in [0.05, 0.1) is 18.3 Å². The Labute approximate surface area is 114 Å². The van der Waals surface area contributed by atoms with E-state index in [1.54, 1.807) is 23.7 Å². The van der Waals surface area contributed by atoms with Crippen molar-refractivity contribution in [1.82, 2.24) is 15.0 Å². The Hall–Kier alpha value is -1.40. The van der Waals surface area contributed by atoms with Crippen molar-refractivity contribution < 1.29 is 4.74 Å². The molecule has 0 amide bonds. The van der Waals surface area contributed by atoms with Crippen LogP contribution in [-0.4, -0.2) is 35.7 Å². The molecule has 0 aliphatic carbocycles. The lowest BCUT2D eigenvalue weighted by atomic mass is 10.4. The number of rotatable bonds is 5. The zero-order chi connectivity index (χ0) is 13.0. The predicted octanol–water partition coefficient (Wildman–Crippen LogP) is 2.27. The predicted molar refractivity (Wildman–Crippen MR) is 72.7 cm³/mol. The third-order valence-electron chi connectivity index (χ3n) is 2.39. The first kappa shape index (κ1) is 13.0. The van der Waals surface area contributed by atoms with Gasteiger partial charge in [-0.1, -0.05) is 11.6 Å². The highest BCUT2D eigenvalue weighted by Crippen LogP contribution is 2.23. The minimum Gasteiger partial charge on any atom is -0.467 e. The van der Waals surface area contributed by atoms with E-state index < -0.39 is 0 Å². The Morgan fingerprint density at radius 1 is 1.44 bits per heavy atom. The van der Waals surface area contributed by atoms with Crippen molar-refractivity contribution in [2.24, 2.45) is 0 Å². The van der Waals surface area contributed by atoms with Gasteiger partial charge in [0, 0.05) is 31.6 Å². The van der Waals surface area contributed by atoms with Crippen LogP contribution in [0.2, 0.25) is 5.02 Å². The van der Waals surface area contributed by atoms with E-state index in [1.807, 2.05) is 17.3 Å². The number of ether oxygens (including phenoxy) is 1. The van der Waals surface area contributed by atoms with Gasteiger partial charge >= 0.3 is 6.01 Å². The van der Waals surface area contributed by atoms with E-state index in [0.29, 0.717) is 16.9 Å². The molecule has 0 saturated heterocycles. The van der Waals surface area contributed by atoms with Crippen LogP contribution in [0.25, 0.3) is 0 Å². The van der Waals surface area contributed by atoms with E-state index in [4.69, 9.17) is 16.3 Å². The van der Waals surface area contributed by atoms with Crippen molar-refractivity contribution >= 4 is 28.8 Å². The van der Waals surface area contributed by atoms with Crippen LogP contribution in [0.3, 0.4) is 0 Å². The molecule has 0 aromatic carbocycles. The first-order valence-corrected chi connectivity index (χ1v) is 6.62. The number of likely N-dealkylation sites (N-methyl/N-ethyl adjacent to an activating group) is 1. The molecule has 96 valence electrons. The molecule has 0 fully saturated rings. The molecular formula is C11H13ClN4OS. The van der Waals surface area contributed by atoms with Gasteiger partial charge in [-0.3, -0.25) is 0 Å². The molecule has 0 aliphatic heterocycles. The fourth-order valence-electron chi connectivity index (χ4n) is 1.45. The molecule has 2 heterocycles. The zero-order valence-electron chi connectivity index (χ0n) is 10.1. The minimum atomic E-state index is 0.315. The Bertz CT molecular complexity index is 506. The summed E-state index contributed by atoms with van der Waals surface area (Å²) in [5.74, 6) is 0.667. The van der Waals surface area contributed by atoms with Gasteiger partial charge in [0.1, 0.15) is 5.02 Å². The maximum absolute atomic E-state index is 6.07. The van der Waals surface area contributed by atoms with E-state index in [0.717, 1.165) is 18.0 Å². The Morgan fingerprint density at radius 3 is 2.94 bits per heavy atom. The lowest BCUT2D eigenvalue weighted by Crippen LogP contribution is -2.22. The second kappa shape index (κ2) is 5.97. The average molecular weight is 285 g/mol. The van der Waals surface area contributed by atoms with Crippen molar-refractivity contribution in [3.05, 3.63) is 27.8 Å². The number of thiazole rings is 1. The molecular weight excluding hydrogens is 272 g/mol. The molecule has 7 heteroatoms. The standard InChI is InChI=1S/C11H13ClN4OS/c1-16(5-3-9-13-4-6-18-9)10-8(12)7-14-11(15-10)17-2/h4,6-7H,3,5H2,1-2H3. The summed E-state index contributed by atoms with van der Waals surface area (Å²) in [6.45, 7) is 0.785. The third-order valence-corrected chi connectivity index (χ3v) is 3.50. The van der Waals surface area contributed by atoms with Crippen molar-refractivity contribution in [2.75, 3.05) is 25.6 Å². The van der Waals surface area contributed by atoms with Gasteiger partial charge in [0.15, 0.2) is 5.82 Å². The van der Waals surface area contributed by atoms with E-state index in [-0.39, 0.29) is 0 Å². The molecule has 0 unspecified atom stereocenters. The molecule has 2 aromatic rings. The second-order valence-electron chi connectivity index (χ2n) is 3.63. The summed E-state index contributed by atoms with van der Waals surface area (Å²) in [6, 6.07) is 0.315. The number of methoxy groups -OCH3 is 1. The molecule has 0 aliphatic rings. The van der Waals surface area contributed by atoms with Crippen LogP contribution in [-0.2, 0) is 6.42 Å². The smallest absolute Gasteiger partial charge is 0.318 e. The Morgan fingerprint density at radius 2 is 2.28 bits per heavy atom. The first-order valence-electron chi connectivity index (χ1n) is 5.36. The van der Waals surface area contributed by atoms with E-state index in [2.05, 4.69) is 15.0 Å². The van der Waals surface area contributed by atoms with Crippen LogP contribution in [0.15, 0.2) is 17.8 Å². The van der Waals surface area contributed by atoms with Crippen LogP contribution in [0, 0.1) is 0 Å². The highest BCUT2D eigenvalue weighted by Gasteiger charge is 2.11. The topological polar surface area (TPSA) is 51.1 Å². The number of hydrogen-bond acceptors (Lipinski definition) is 6.